The second-order valence-corrected chi connectivity index (χ2v) is 6.55. The van der Waals surface area contributed by atoms with Crippen molar-refractivity contribution in [2.24, 2.45) is 5.92 Å². The van der Waals surface area contributed by atoms with Crippen LogP contribution in [0.2, 0.25) is 0 Å². The van der Waals surface area contributed by atoms with Gasteiger partial charge in [-0.2, -0.15) is 4.98 Å². The molecule has 1 aromatic carbocycles. The molecule has 2 aliphatic heterocycles. The number of piperidine rings is 1. The minimum Gasteiger partial charge on any atom is -0.350 e. The molecule has 6 nitrogen and oxygen atoms in total. The van der Waals surface area contributed by atoms with E-state index in [9.17, 15) is 0 Å². The average molecular weight is 329 g/mol. The van der Waals surface area contributed by atoms with Crippen LogP contribution in [0.5, 0.6) is 0 Å². The zero-order valence-corrected chi connectivity index (χ0v) is 14.0. The number of hydrogen-bond donors (Lipinski definition) is 0. The first-order chi connectivity index (χ1) is 11.8. The molecule has 6 heteroatoms. The summed E-state index contributed by atoms with van der Waals surface area (Å²) >= 11 is 0. The van der Waals surface area contributed by atoms with Gasteiger partial charge in [-0.05, 0) is 38.4 Å². The molecule has 0 atom stereocenters. The van der Waals surface area contributed by atoms with Crippen molar-refractivity contribution in [2.75, 3.05) is 26.3 Å². The fourth-order valence-electron chi connectivity index (χ4n) is 3.48. The van der Waals surface area contributed by atoms with Crippen LogP contribution in [0.4, 0.5) is 0 Å². The Kier molecular flexibility index (Phi) is 4.60. The molecule has 0 radical (unpaired) electrons. The molecule has 0 spiro atoms. The molecule has 24 heavy (non-hydrogen) atoms. The van der Waals surface area contributed by atoms with Gasteiger partial charge in [-0.3, -0.25) is 4.90 Å². The Bertz CT molecular complexity index is 674. The second kappa shape index (κ2) is 7.01. The predicted octanol–water partition coefficient (Wildman–Crippen LogP) is 2.63. The Morgan fingerprint density at radius 2 is 1.88 bits per heavy atom. The highest BCUT2D eigenvalue weighted by molar-refractivity contribution is 5.58. The van der Waals surface area contributed by atoms with E-state index < -0.39 is 0 Å². The van der Waals surface area contributed by atoms with Crippen molar-refractivity contribution in [3.63, 3.8) is 0 Å². The van der Waals surface area contributed by atoms with Crippen molar-refractivity contribution in [1.29, 1.82) is 0 Å². The quantitative estimate of drug-likeness (QED) is 0.859. The van der Waals surface area contributed by atoms with Crippen LogP contribution < -0.4 is 0 Å². The molecule has 0 unspecified atom stereocenters. The average Bonchev–Trinajstić information content (AvgIpc) is 3.28. The van der Waals surface area contributed by atoms with Crippen LogP contribution in [-0.4, -0.2) is 47.6 Å². The summed E-state index contributed by atoms with van der Waals surface area (Å²) in [4.78, 5) is 6.92. The van der Waals surface area contributed by atoms with Gasteiger partial charge in [0.15, 0.2) is 6.29 Å². The zero-order chi connectivity index (χ0) is 16.4. The first-order valence-electron chi connectivity index (χ1n) is 8.64. The molecule has 0 bridgehead atoms. The van der Waals surface area contributed by atoms with Crippen LogP contribution in [0.1, 0.15) is 24.3 Å². The van der Waals surface area contributed by atoms with E-state index in [1.165, 1.54) is 0 Å². The molecule has 2 aliphatic rings. The van der Waals surface area contributed by atoms with E-state index in [0.717, 1.165) is 50.3 Å². The van der Waals surface area contributed by atoms with Gasteiger partial charge in [0.1, 0.15) is 0 Å². The third kappa shape index (κ3) is 3.36. The van der Waals surface area contributed by atoms with Crippen molar-refractivity contribution in [1.82, 2.24) is 15.0 Å². The van der Waals surface area contributed by atoms with Crippen molar-refractivity contribution in [3.8, 4) is 11.4 Å². The maximum absolute atomic E-state index is 5.63. The molecular weight excluding hydrogens is 306 g/mol. The molecule has 3 heterocycles. The van der Waals surface area contributed by atoms with Gasteiger partial charge in [-0.15, -0.1) is 0 Å². The fraction of sp³-hybridized carbons (Fsp3) is 0.556. The largest absolute Gasteiger partial charge is 0.350 e. The van der Waals surface area contributed by atoms with Crippen LogP contribution in [0.15, 0.2) is 28.8 Å². The number of aryl methyl sites for hydroxylation is 1. The van der Waals surface area contributed by atoms with E-state index in [2.05, 4.69) is 28.0 Å². The molecule has 0 aliphatic carbocycles. The smallest absolute Gasteiger partial charge is 0.241 e. The van der Waals surface area contributed by atoms with Crippen LogP contribution in [0, 0.1) is 12.8 Å². The Hall–Kier alpha value is -1.76. The summed E-state index contributed by atoms with van der Waals surface area (Å²) < 4.78 is 16.7. The van der Waals surface area contributed by atoms with Crippen LogP contribution in [0.3, 0.4) is 0 Å². The Balaban J connectivity index is 1.34. The standard InChI is InChI=1S/C18H23N3O3/c1-13-4-2-3-5-15(13)17-19-16(24-20-17)12-21-8-6-14(7-9-21)18-22-10-11-23-18/h2-5,14,18H,6-12H2,1H3. The summed E-state index contributed by atoms with van der Waals surface area (Å²) in [5.74, 6) is 1.86. The molecule has 2 saturated heterocycles. The maximum atomic E-state index is 5.63. The lowest BCUT2D eigenvalue weighted by Gasteiger charge is -2.32. The molecule has 2 fully saturated rings. The predicted molar refractivity (Wildman–Crippen MR) is 88.2 cm³/mol. The fourth-order valence-corrected chi connectivity index (χ4v) is 3.48. The first kappa shape index (κ1) is 15.7. The number of hydrogen-bond acceptors (Lipinski definition) is 6. The van der Waals surface area contributed by atoms with Gasteiger partial charge < -0.3 is 14.0 Å². The number of aromatic nitrogens is 2. The van der Waals surface area contributed by atoms with E-state index in [-0.39, 0.29) is 6.29 Å². The number of nitrogens with zero attached hydrogens (tertiary/aromatic N) is 3. The summed E-state index contributed by atoms with van der Waals surface area (Å²) in [7, 11) is 0. The first-order valence-corrected chi connectivity index (χ1v) is 8.64. The summed E-state index contributed by atoms with van der Waals surface area (Å²) in [6, 6.07) is 8.10. The lowest BCUT2D eigenvalue weighted by Crippen LogP contribution is -2.37. The maximum Gasteiger partial charge on any atom is 0.241 e. The molecule has 0 amide bonds. The van der Waals surface area contributed by atoms with E-state index in [1.807, 2.05) is 18.2 Å². The summed E-state index contributed by atoms with van der Waals surface area (Å²) in [6.07, 6.45) is 2.18. The number of likely N-dealkylation sites (tertiary alicyclic amines) is 1. The number of ether oxygens (including phenoxy) is 2. The zero-order valence-electron chi connectivity index (χ0n) is 14.0. The van der Waals surface area contributed by atoms with Gasteiger partial charge >= 0.3 is 0 Å². The highest BCUT2D eigenvalue weighted by Crippen LogP contribution is 2.27. The van der Waals surface area contributed by atoms with E-state index in [1.54, 1.807) is 0 Å². The SMILES string of the molecule is Cc1ccccc1-c1noc(CN2CCC(C3OCCO3)CC2)n1. The molecule has 0 N–H and O–H groups in total. The summed E-state index contributed by atoms with van der Waals surface area (Å²) in [5.41, 5.74) is 2.18. The molecule has 4 rings (SSSR count). The second-order valence-electron chi connectivity index (χ2n) is 6.55. The van der Waals surface area contributed by atoms with E-state index >= 15 is 0 Å². The lowest BCUT2D eigenvalue weighted by atomic mass is 9.96. The van der Waals surface area contributed by atoms with Crippen LogP contribution >= 0.6 is 0 Å². The molecular formula is C18H23N3O3. The van der Waals surface area contributed by atoms with Gasteiger partial charge in [-0.1, -0.05) is 29.4 Å². The van der Waals surface area contributed by atoms with E-state index in [4.69, 9.17) is 14.0 Å². The van der Waals surface area contributed by atoms with Crippen molar-refractivity contribution in [2.45, 2.75) is 32.6 Å². The van der Waals surface area contributed by atoms with Gasteiger partial charge in [0.05, 0.1) is 19.8 Å². The number of rotatable bonds is 4. The van der Waals surface area contributed by atoms with Crippen molar-refractivity contribution >= 4 is 0 Å². The molecule has 0 saturated carbocycles. The molecule has 1 aromatic heterocycles. The van der Waals surface area contributed by atoms with Gasteiger partial charge in [0, 0.05) is 11.5 Å². The number of benzene rings is 1. The minimum absolute atomic E-state index is 0.00297. The third-order valence-corrected chi connectivity index (χ3v) is 4.88. The Labute approximate surface area is 141 Å². The lowest BCUT2D eigenvalue weighted by molar-refractivity contribution is -0.0981. The van der Waals surface area contributed by atoms with Crippen molar-refractivity contribution in [3.05, 3.63) is 35.7 Å². The van der Waals surface area contributed by atoms with Gasteiger partial charge in [-0.25, -0.2) is 0 Å². The summed E-state index contributed by atoms with van der Waals surface area (Å²) in [5, 5.41) is 4.14. The Morgan fingerprint density at radius 1 is 1.12 bits per heavy atom. The Morgan fingerprint density at radius 3 is 2.62 bits per heavy atom. The molecule has 2 aromatic rings. The summed E-state index contributed by atoms with van der Waals surface area (Å²) in [6.45, 7) is 6.25. The highest BCUT2D eigenvalue weighted by Gasteiger charge is 2.30. The minimum atomic E-state index is 0.00297. The van der Waals surface area contributed by atoms with Gasteiger partial charge in [0.2, 0.25) is 11.7 Å². The third-order valence-electron chi connectivity index (χ3n) is 4.88. The molecule has 128 valence electrons. The van der Waals surface area contributed by atoms with Gasteiger partial charge in [0.25, 0.3) is 0 Å². The van der Waals surface area contributed by atoms with E-state index in [0.29, 0.717) is 24.2 Å². The van der Waals surface area contributed by atoms with Crippen LogP contribution in [-0.2, 0) is 16.0 Å². The topological polar surface area (TPSA) is 60.6 Å². The highest BCUT2D eigenvalue weighted by atomic mass is 16.7. The van der Waals surface area contributed by atoms with Crippen LogP contribution in [0.25, 0.3) is 11.4 Å². The monoisotopic (exact) mass is 329 g/mol. The van der Waals surface area contributed by atoms with Crippen molar-refractivity contribution < 1.29 is 14.0 Å². The normalized spacial score (nSPS) is 20.7.